The van der Waals surface area contributed by atoms with Crippen molar-refractivity contribution in [1.82, 2.24) is 14.9 Å². The van der Waals surface area contributed by atoms with E-state index in [4.69, 9.17) is 4.74 Å². The first-order valence-corrected chi connectivity index (χ1v) is 8.48. The molecule has 122 valence electrons. The van der Waals surface area contributed by atoms with Gasteiger partial charge in [0, 0.05) is 34.8 Å². The lowest BCUT2D eigenvalue weighted by Gasteiger charge is -2.25. The Morgan fingerprint density at radius 1 is 1.46 bits per heavy atom. The van der Waals surface area contributed by atoms with Gasteiger partial charge in [-0.05, 0) is 6.07 Å². The number of nitrogens with one attached hydrogen (secondary N) is 1. The number of nitrogens with zero attached hydrogens (tertiary/aromatic N) is 2. The van der Waals surface area contributed by atoms with E-state index >= 15 is 0 Å². The fourth-order valence-electron chi connectivity index (χ4n) is 3.18. The molecule has 0 fully saturated rings. The van der Waals surface area contributed by atoms with Crippen LogP contribution in [0.4, 0.5) is 0 Å². The van der Waals surface area contributed by atoms with Gasteiger partial charge in [-0.2, -0.15) is 0 Å². The number of rotatable bonds is 4. The topological polar surface area (TPSA) is 75.3 Å². The molecule has 1 aromatic carbocycles. The minimum absolute atomic E-state index is 0.174. The Bertz CT molecular complexity index is 916. The van der Waals surface area contributed by atoms with Gasteiger partial charge in [-0.1, -0.05) is 18.2 Å². The van der Waals surface area contributed by atoms with E-state index in [-0.39, 0.29) is 5.91 Å². The molecule has 0 saturated heterocycles. The summed E-state index contributed by atoms with van der Waals surface area (Å²) in [4.78, 5) is 34.0. The number of carbonyl (C=O) groups excluding carboxylic acids is 2. The van der Waals surface area contributed by atoms with Gasteiger partial charge in [-0.25, -0.2) is 9.78 Å². The largest absolute Gasteiger partial charge is 0.467 e. The maximum atomic E-state index is 12.8. The number of hydrogen-bond donors (Lipinski definition) is 1. The van der Waals surface area contributed by atoms with Crippen LogP contribution in [0, 0.1) is 0 Å². The van der Waals surface area contributed by atoms with Gasteiger partial charge in [0.15, 0.2) is 0 Å². The minimum Gasteiger partial charge on any atom is -0.467 e. The SMILES string of the molecule is COC(=O)C(Cc1cscn1)N1Cc2c([nH]c3ccccc23)C1=O. The molecule has 2 aromatic heterocycles. The molecular formula is C17H15N3O3S. The number of carbonyl (C=O) groups is 2. The van der Waals surface area contributed by atoms with Gasteiger partial charge in [0.05, 0.1) is 18.3 Å². The maximum absolute atomic E-state index is 12.8. The highest BCUT2D eigenvalue weighted by molar-refractivity contribution is 7.07. The van der Waals surface area contributed by atoms with E-state index in [0.717, 1.165) is 22.2 Å². The Hall–Kier alpha value is -2.67. The Labute approximate surface area is 142 Å². The summed E-state index contributed by atoms with van der Waals surface area (Å²) in [6.45, 7) is 0.391. The summed E-state index contributed by atoms with van der Waals surface area (Å²) in [5.74, 6) is -0.599. The summed E-state index contributed by atoms with van der Waals surface area (Å²) >= 11 is 1.46. The monoisotopic (exact) mass is 341 g/mol. The van der Waals surface area contributed by atoms with Crippen molar-refractivity contribution < 1.29 is 14.3 Å². The number of aromatic amines is 1. The summed E-state index contributed by atoms with van der Waals surface area (Å²) in [7, 11) is 1.34. The molecule has 4 rings (SSSR count). The number of ether oxygens (including phenoxy) is 1. The standard InChI is InChI=1S/C17H15N3O3S/c1-23-17(22)14(6-10-8-24-9-18-10)20-7-12-11-4-2-3-5-13(11)19-15(12)16(20)21/h2-5,8-9,14,19H,6-7H2,1H3. The third-order valence-corrected chi connectivity index (χ3v) is 4.99. The molecule has 1 unspecified atom stereocenters. The average Bonchev–Trinajstić information content (AvgIpc) is 3.30. The van der Waals surface area contributed by atoms with Crippen LogP contribution in [0.15, 0.2) is 35.2 Å². The maximum Gasteiger partial charge on any atom is 0.329 e. The zero-order chi connectivity index (χ0) is 16.7. The van der Waals surface area contributed by atoms with Crippen molar-refractivity contribution in [2.24, 2.45) is 0 Å². The van der Waals surface area contributed by atoms with E-state index in [0.29, 0.717) is 18.7 Å². The van der Waals surface area contributed by atoms with Crippen LogP contribution >= 0.6 is 11.3 Å². The number of H-pyrrole nitrogens is 1. The van der Waals surface area contributed by atoms with Crippen molar-refractivity contribution in [1.29, 1.82) is 0 Å². The third-order valence-electron chi connectivity index (χ3n) is 4.35. The normalized spacial score (nSPS) is 14.9. The van der Waals surface area contributed by atoms with Crippen LogP contribution in [0.2, 0.25) is 0 Å². The number of fused-ring (bicyclic) bond motifs is 3. The van der Waals surface area contributed by atoms with Crippen molar-refractivity contribution >= 4 is 34.1 Å². The molecular weight excluding hydrogens is 326 g/mol. The van der Waals surface area contributed by atoms with Gasteiger partial charge in [0.2, 0.25) is 0 Å². The van der Waals surface area contributed by atoms with Crippen LogP contribution < -0.4 is 0 Å². The Morgan fingerprint density at radius 2 is 2.29 bits per heavy atom. The molecule has 0 aliphatic carbocycles. The summed E-state index contributed by atoms with van der Waals surface area (Å²) < 4.78 is 4.92. The molecule has 1 atom stereocenters. The molecule has 0 saturated carbocycles. The number of thiazole rings is 1. The number of amides is 1. The molecule has 3 aromatic rings. The first-order chi connectivity index (χ1) is 11.7. The summed E-state index contributed by atoms with van der Waals surface area (Å²) in [5, 5.41) is 2.89. The first kappa shape index (κ1) is 14.9. The number of para-hydroxylation sites is 1. The van der Waals surface area contributed by atoms with E-state index in [2.05, 4.69) is 9.97 Å². The molecule has 6 nitrogen and oxygen atoms in total. The summed E-state index contributed by atoms with van der Waals surface area (Å²) in [6, 6.07) is 7.11. The van der Waals surface area contributed by atoms with E-state index < -0.39 is 12.0 Å². The zero-order valence-corrected chi connectivity index (χ0v) is 13.8. The Morgan fingerprint density at radius 3 is 3.04 bits per heavy atom. The van der Waals surface area contributed by atoms with Crippen LogP contribution in [0.25, 0.3) is 10.9 Å². The Kier molecular flexibility index (Phi) is 3.57. The van der Waals surface area contributed by atoms with Gasteiger partial charge in [0.25, 0.3) is 5.91 Å². The second kappa shape index (κ2) is 5.76. The second-order valence-electron chi connectivity index (χ2n) is 5.68. The minimum atomic E-state index is -0.677. The zero-order valence-electron chi connectivity index (χ0n) is 13.0. The fraction of sp³-hybridized carbons (Fsp3) is 0.235. The smallest absolute Gasteiger partial charge is 0.329 e. The average molecular weight is 341 g/mol. The van der Waals surface area contributed by atoms with Crippen LogP contribution in [0.3, 0.4) is 0 Å². The highest BCUT2D eigenvalue weighted by Gasteiger charge is 2.39. The van der Waals surface area contributed by atoms with Gasteiger partial charge >= 0.3 is 5.97 Å². The van der Waals surface area contributed by atoms with Crippen molar-refractivity contribution in [3.05, 3.63) is 52.1 Å². The van der Waals surface area contributed by atoms with Crippen LogP contribution in [0.5, 0.6) is 0 Å². The highest BCUT2D eigenvalue weighted by atomic mass is 32.1. The van der Waals surface area contributed by atoms with Crippen molar-refractivity contribution in [2.45, 2.75) is 19.0 Å². The van der Waals surface area contributed by atoms with Crippen molar-refractivity contribution in [2.75, 3.05) is 7.11 Å². The van der Waals surface area contributed by atoms with Crippen LogP contribution in [0.1, 0.15) is 21.7 Å². The quantitative estimate of drug-likeness (QED) is 0.739. The van der Waals surface area contributed by atoms with Gasteiger partial charge < -0.3 is 14.6 Å². The lowest BCUT2D eigenvalue weighted by atomic mass is 10.1. The lowest BCUT2D eigenvalue weighted by Crippen LogP contribution is -2.43. The first-order valence-electron chi connectivity index (χ1n) is 7.54. The number of hydrogen-bond acceptors (Lipinski definition) is 5. The van der Waals surface area contributed by atoms with Crippen LogP contribution in [-0.2, 0) is 22.5 Å². The van der Waals surface area contributed by atoms with Gasteiger partial charge in [-0.15, -0.1) is 11.3 Å². The second-order valence-corrected chi connectivity index (χ2v) is 6.40. The third kappa shape index (κ3) is 2.28. The molecule has 0 spiro atoms. The number of esters is 1. The van der Waals surface area contributed by atoms with E-state index in [9.17, 15) is 9.59 Å². The molecule has 1 aliphatic heterocycles. The molecule has 1 aliphatic rings. The number of aromatic nitrogens is 2. The van der Waals surface area contributed by atoms with E-state index in [1.54, 1.807) is 10.4 Å². The van der Waals surface area contributed by atoms with E-state index in [1.807, 2.05) is 29.6 Å². The molecule has 1 amide bonds. The van der Waals surface area contributed by atoms with Crippen molar-refractivity contribution in [3.8, 4) is 0 Å². The molecule has 24 heavy (non-hydrogen) atoms. The Balaban J connectivity index is 1.69. The number of benzene rings is 1. The van der Waals surface area contributed by atoms with Crippen molar-refractivity contribution in [3.63, 3.8) is 0 Å². The van der Waals surface area contributed by atoms with Gasteiger partial charge in [0.1, 0.15) is 11.7 Å². The molecule has 0 radical (unpaired) electrons. The number of methoxy groups -OCH3 is 1. The summed E-state index contributed by atoms with van der Waals surface area (Å²) in [6.07, 6.45) is 0.351. The molecule has 1 N–H and O–H groups in total. The van der Waals surface area contributed by atoms with Gasteiger partial charge in [-0.3, -0.25) is 4.79 Å². The predicted octanol–water partition coefficient (Wildman–Crippen LogP) is 2.36. The summed E-state index contributed by atoms with van der Waals surface area (Å²) in [5.41, 5.74) is 4.92. The lowest BCUT2D eigenvalue weighted by molar-refractivity contribution is -0.146. The van der Waals surface area contributed by atoms with E-state index in [1.165, 1.54) is 18.4 Å². The molecule has 7 heteroatoms. The predicted molar refractivity (Wildman–Crippen MR) is 89.8 cm³/mol. The highest BCUT2D eigenvalue weighted by Crippen LogP contribution is 2.32. The fourth-order valence-corrected chi connectivity index (χ4v) is 3.75. The molecule has 3 heterocycles. The molecule has 0 bridgehead atoms. The van der Waals surface area contributed by atoms with Crippen LogP contribution in [-0.4, -0.2) is 39.9 Å².